The van der Waals surface area contributed by atoms with Crippen molar-refractivity contribution in [3.8, 4) is 0 Å². The molecular formula is C15H21N3. The molecule has 2 heterocycles. The molecule has 3 nitrogen and oxygen atoms in total. The zero-order valence-corrected chi connectivity index (χ0v) is 11.0. The van der Waals surface area contributed by atoms with Gasteiger partial charge in [0.15, 0.2) is 0 Å². The molecule has 0 bridgehead atoms. The first-order valence-electron chi connectivity index (χ1n) is 6.91. The van der Waals surface area contributed by atoms with Crippen molar-refractivity contribution in [1.82, 2.24) is 10.2 Å². The molecule has 0 radical (unpaired) electrons. The van der Waals surface area contributed by atoms with Gasteiger partial charge in [0.2, 0.25) is 0 Å². The van der Waals surface area contributed by atoms with Crippen LogP contribution in [0.4, 0.5) is 0 Å². The van der Waals surface area contributed by atoms with Crippen LogP contribution in [-0.4, -0.2) is 44.0 Å². The molecule has 1 fully saturated rings. The van der Waals surface area contributed by atoms with E-state index >= 15 is 0 Å². The molecule has 1 aromatic rings. The number of nitrogens with zero attached hydrogens (tertiary/aromatic N) is 2. The largest absolute Gasteiger partial charge is 0.358 e. The molecule has 1 atom stereocenters. The van der Waals surface area contributed by atoms with E-state index in [0.29, 0.717) is 5.92 Å². The number of amidine groups is 1. The molecule has 18 heavy (non-hydrogen) atoms. The first kappa shape index (κ1) is 11.7. The summed E-state index contributed by atoms with van der Waals surface area (Å²) in [6, 6.07) is 9.01. The quantitative estimate of drug-likeness (QED) is 0.858. The average molecular weight is 243 g/mol. The van der Waals surface area contributed by atoms with E-state index in [-0.39, 0.29) is 0 Å². The Hall–Kier alpha value is -1.35. The molecule has 1 saturated heterocycles. The number of aliphatic imine (C=N–C) groups is 1. The number of hydrogen-bond acceptors (Lipinski definition) is 3. The molecule has 2 aliphatic heterocycles. The second kappa shape index (κ2) is 5.11. The molecule has 0 amide bonds. The summed E-state index contributed by atoms with van der Waals surface area (Å²) in [5.41, 5.74) is 2.72. The minimum Gasteiger partial charge on any atom is -0.358 e. The lowest BCUT2D eigenvalue weighted by Crippen LogP contribution is -2.28. The second-order valence-electron chi connectivity index (χ2n) is 5.29. The van der Waals surface area contributed by atoms with Crippen molar-refractivity contribution in [2.24, 2.45) is 4.99 Å². The van der Waals surface area contributed by atoms with Gasteiger partial charge in [-0.3, -0.25) is 4.99 Å². The van der Waals surface area contributed by atoms with E-state index in [1.54, 1.807) is 0 Å². The monoisotopic (exact) mass is 243 g/mol. The fraction of sp³-hybridized carbons (Fsp3) is 0.533. The van der Waals surface area contributed by atoms with Gasteiger partial charge in [-0.25, -0.2) is 0 Å². The highest BCUT2D eigenvalue weighted by atomic mass is 15.2. The molecule has 1 aromatic carbocycles. The second-order valence-corrected chi connectivity index (χ2v) is 5.29. The summed E-state index contributed by atoms with van der Waals surface area (Å²) in [5, 5.41) is 3.48. The smallest absolute Gasteiger partial charge is 0.130 e. The normalized spacial score (nSPS) is 24.2. The summed E-state index contributed by atoms with van der Waals surface area (Å²) in [4.78, 5) is 6.79. The van der Waals surface area contributed by atoms with Crippen LogP contribution in [0.2, 0.25) is 0 Å². The van der Waals surface area contributed by atoms with Gasteiger partial charge < -0.3 is 10.2 Å². The van der Waals surface area contributed by atoms with Crippen molar-refractivity contribution >= 4 is 5.84 Å². The maximum atomic E-state index is 4.56. The lowest BCUT2D eigenvalue weighted by molar-refractivity contribution is 0.461. The summed E-state index contributed by atoms with van der Waals surface area (Å²) in [5.74, 6) is 1.83. The van der Waals surface area contributed by atoms with E-state index in [9.17, 15) is 0 Å². The highest BCUT2D eigenvalue weighted by Crippen LogP contribution is 2.23. The van der Waals surface area contributed by atoms with Crippen LogP contribution in [0.3, 0.4) is 0 Å². The zero-order chi connectivity index (χ0) is 12.4. The molecule has 1 unspecified atom stereocenters. The number of likely N-dealkylation sites (N-methyl/N-ethyl adjacent to an activating group) is 1. The van der Waals surface area contributed by atoms with Crippen LogP contribution in [0.25, 0.3) is 0 Å². The Kier molecular flexibility index (Phi) is 3.33. The number of hydrogen-bond donors (Lipinski definition) is 1. The van der Waals surface area contributed by atoms with Crippen molar-refractivity contribution in [2.75, 3.05) is 33.2 Å². The number of benzene rings is 1. The van der Waals surface area contributed by atoms with Crippen LogP contribution in [0, 0.1) is 0 Å². The lowest BCUT2D eigenvalue weighted by atomic mass is 9.91. The van der Waals surface area contributed by atoms with Crippen LogP contribution >= 0.6 is 0 Å². The molecule has 0 saturated carbocycles. The standard InChI is InChI=1S/C15H21N3/c1-18-10-9-17-15(18)13-6-4-12(5-7-13)14-3-2-8-16-11-14/h4-7,14,16H,2-3,8-11H2,1H3. The Morgan fingerprint density at radius 3 is 2.72 bits per heavy atom. The van der Waals surface area contributed by atoms with Gasteiger partial charge in [-0.15, -0.1) is 0 Å². The van der Waals surface area contributed by atoms with E-state index < -0.39 is 0 Å². The number of rotatable bonds is 2. The third-order valence-corrected chi connectivity index (χ3v) is 4.00. The Morgan fingerprint density at radius 2 is 2.11 bits per heavy atom. The minimum atomic E-state index is 0.691. The fourth-order valence-corrected chi connectivity index (χ4v) is 2.88. The van der Waals surface area contributed by atoms with Gasteiger partial charge in [0, 0.05) is 25.7 Å². The summed E-state index contributed by atoms with van der Waals surface area (Å²) in [6.45, 7) is 4.28. The Bertz CT molecular complexity index is 430. The SMILES string of the molecule is CN1CCN=C1c1ccc(C2CCCNC2)cc1. The van der Waals surface area contributed by atoms with Crippen molar-refractivity contribution in [3.05, 3.63) is 35.4 Å². The van der Waals surface area contributed by atoms with Crippen LogP contribution < -0.4 is 5.32 Å². The Balaban J connectivity index is 1.76. The summed E-state index contributed by atoms with van der Waals surface area (Å²) < 4.78 is 0. The Morgan fingerprint density at radius 1 is 1.28 bits per heavy atom. The highest BCUT2D eigenvalue weighted by Gasteiger charge is 2.17. The van der Waals surface area contributed by atoms with E-state index in [1.807, 2.05) is 0 Å². The van der Waals surface area contributed by atoms with Gasteiger partial charge in [0.25, 0.3) is 0 Å². The van der Waals surface area contributed by atoms with Crippen molar-refractivity contribution in [3.63, 3.8) is 0 Å². The maximum Gasteiger partial charge on any atom is 0.130 e. The third-order valence-electron chi connectivity index (χ3n) is 4.00. The first-order chi connectivity index (χ1) is 8.84. The van der Waals surface area contributed by atoms with E-state index in [1.165, 1.54) is 30.5 Å². The van der Waals surface area contributed by atoms with Gasteiger partial charge >= 0.3 is 0 Å². The molecular weight excluding hydrogens is 222 g/mol. The van der Waals surface area contributed by atoms with E-state index in [4.69, 9.17) is 0 Å². The molecule has 0 aromatic heterocycles. The van der Waals surface area contributed by atoms with Crippen molar-refractivity contribution in [2.45, 2.75) is 18.8 Å². The number of nitrogens with one attached hydrogen (secondary N) is 1. The van der Waals surface area contributed by atoms with Gasteiger partial charge in [0.05, 0.1) is 6.54 Å². The molecule has 1 N–H and O–H groups in total. The van der Waals surface area contributed by atoms with Gasteiger partial charge in [-0.2, -0.15) is 0 Å². The molecule has 96 valence electrons. The topological polar surface area (TPSA) is 27.6 Å². The molecule has 0 aliphatic carbocycles. The van der Waals surface area contributed by atoms with Crippen LogP contribution in [0.5, 0.6) is 0 Å². The highest BCUT2D eigenvalue weighted by molar-refractivity contribution is 5.99. The fourth-order valence-electron chi connectivity index (χ4n) is 2.88. The van der Waals surface area contributed by atoms with E-state index in [0.717, 1.165) is 25.5 Å². The third kappa shape index (κ3) is 2.27. The first-order valence-corrected chi connectivity index (χ1v) is 6.91. The van der Waals surface area contributed by atoms with Crippen LogP contribution in [0.15, 0.2) is 29.3 Å². The Labute approximate surface area is 109 Å². The van der Waals surface area contributed by atoms with Gasteiger partial charge in [0.1, 0.15) is 5.84 Å². The minimum absolute atomic E-state index is 0.691. The van der Waals surface area contributed by atoms with E-state index in [2.05, 4.69) is 46.5 Å². The maximum absolute atomic E-state index is 4.56. The predicted molar refractivity (Wildman–Crippen MR) is 75.3 cm³/mol. The van der Waals surface area contributed by atoms with Crippen molar-refractivity contribution < 1.29 is 0 Å². The average Bonchev–Trinajstić information content (AvgIpc) is 2.86. The summed E-state index contributed by atoms with van der Waals surface area (Å²) in [6.07, 6.45) is 2.61. The molecule has 2 aliphatic rings. The van der Waals surface area contributed by atoms with Gasteiger partial charge in [-0.1, -0.05) is 24.3 Å². The summed E-state index contributed by atoms with van der Waals surface area (Å²) in [7, 11) is 2.12. The molecule has 3 heteroatoms. The molecule has 0 spiro atoms. The number of piperidine rings is 1. The zero-order valence-electron chi connectivity index (χ0n) is 11.0. The summed E-state index contributed by atoms with van der Waals surface area (Å²) >= 11 is 0. The predicted octanol–water partition coefficient (Wildman–Crippen LogP) is 1.85. The van der Waals surface area contributed by atoms with Crippen LogP contribution in [-0.2, 0) is 0 Å². The van der Waals surface area contributed by atoms with Crippen molar-refractivity contribution in [1.29, 1.82) is 0 Å². The van der Waals surface area contributed by atoms with Crippen LogP contribution in [0.1, 0.15) is 29.9 Å². The van der Waals surface area contributed by atoms with Gasteiger partial charge in [-0.05, 0) is 30.9 Å². The lowest BCUT2D eigenvalue weighted by Gasteiger charge is -2.23. The molecule has 3 rings (SSSR count).